The van der Waals surface area contributed by atoms with Crippen LogP contribution >= 0.6 is 0 Å². The summed E-state index contributed by atoms with van der Waals surface area (Å²) in [6.45, 7) is 4.16. The van der Waals surface area contributed by atoms with Crippen LogP contribution < -0.4 is 0 Å². The van der Waals surface area contributed by atoms with Gasteiger partial charge in [-0.1, -0.05) is 6.07 Å². The third-order valence-corrected chi connectivity index (χ3v) is 5.43. The summed E-state index contributed by atoms with van der Waals surface area (Å²) in [5.41, 5.74) is 0.918. The highest BCUT2D eigenvalue weighted by atomic mass is 19.4. The smallest absolute Gasteiger partial charge is 0.475 e. The first kappa shape index (κ1) is 31.1. The molecule has 2 fully saturated rings. The van der Waals surface area contributed by atoms with Gasteiger partial charge in [-0.2, -0.15) is 26.3 Å². The molecule has 0 saturated carbocycles. The monoisotopic (exact) mass is 556 g/mol. The van der Waals surface area contributed by atoms with Crippen LogP contribution in [0.25, 0.3) is 0 Å². The van der Waals surface area contributed by atoms with Crippen LogP contribution in [0.3, 0.4) is 0 Å². The Hall–Kier alpha value is -3.17. The molecule has 1 spiro atoms. The summed E-state index contributed by atoms with van der Waals surface area (Å²) in [6, 6.07) is 9.90. The minimum Gasteiger partial charge on any atom is -0.475 e. The number of carbonyl (C=O) groups is 2. The van der Waals surface area contributed by atoms with Crippen molar-refractivity contribution in [1.82, 2.24) is 9.88 Å². The maximum Gasteiger partial charge on any atom is 0.490 e. The number of nitrogens with zero attached hydrogens (tertiary/aromatic N) is 2. The van der Waals surface area contributed by atoms with Crippen molar-refractivity contribution in [2.75, 3.05) is 19.7 Å². The molecule has 15 heteroatoms. The van der Waals surface area contributed by atoms with Crippen molar-refractivity contribution in [3.05, 3.63) is 54.2 Å². The number of piperidine rings is 1. The highest BCUT2D eigenvalue weighted by Crippen LogP contribution is 2.36. The SMILES string of the molecule is O=C(O)C(F)(F)F.O=C(O)C(F)(F)F.c1ccc(CO[C@H]2CO[C@@]3(CCCN(Cc4ccco4)C3)C2)nc1. The van der Waals surface area contributed by atoms with E-state index in [0.29, 0.717) is 13.2 Å². The lowest BCUT2D eigenvalue weighted by molar-refractivity contribution is -0.193. The third kappa shape index (κ3) is 10.7. The van der Waals surface area contributed by atoms with Gasteiger partial charge < -0.3 is 24.1 Å². The molecule has 0 bridgehead atoms. The molecule has 212 valence electrons. The number of hydrogen-bond donors (Lipinski definition) is 2. The maximum atomic E-state index is 10.6. The normalized spacial score (nSPS) is 21.7. The lowest BCUT2D eigenvalue weighted by Crippen LogP contribution is -2.47. The zero-order valence-corrected chi connectivity index (χ0v) is 19.9. The van der Waals surface area contributed by atoms with Crippen molar-refractivity contribution in [3.63, 3.8) is 0 Å². The fourth-order valence-corrected chi connectivity index (χ4v) is 3.83. The van der Waals surface area contributed by atoms with E-state index in [1.807, 2.05) is 30.3 Å². The molecule has 2 atom stereocenters. The van der Waals surface area contributed by atoms with Crippen molar-refractivity contribution in [2.45, 2.75) is 56.5 Å². The predicted octanol–water partition coefficient (Wildman–Crippen LogP) is 4.28. The number of likely N-dealkylation sites (tertiary alicyclic amines) is 1. The van der Waals surface area contributed by atoms with Crippen LogP contribution in [0.2, 0.25) is 0 Å². The molecule has 9 nitrogen and oxygen atoms in total. The first-order valence-corrected chi connectivity index (χ1v) is 11.2. The Morgan fingerprint density at radius 3 is 2.26 bits per heavy atom. The van der Waals surface area contributed by atoms with Crippen LogP contribution in [0.15, 0.2) is 47.2 Å². The van der Waals surface area contributed by atoms with E-state index in [2.05, 4.69) is 9.88 Å². The van der Waals surface area contributed by atoms with E-state index < -0.39 is 24.3 Å². The summed E-state index contributed by atoms with van der Waals surface area (Å²) < 4.78 is 81.2. The predicted molar refractivity (Wildman–Crippen MR) is 117 cm³/mol. The summed E-state index contributed by atoms with van der Waals surface area (Å²) in [4.78, 5) is 24.5. The molecule has 2 aromatic heterocycles. The second-order valence-corrected chi connectivity index (χ2v) is 8.45. The largest absolute Gasteiger partial charge is 0.490 e. The van der Waals surface area contributed by atoms with Gasteiger partial charge in [0.1, 0.15) is 5.76 Å². The summed E-state index contributed by atoms with van der Waals surface area (Å²) in [6.07, 6.45) is -3.22. The second-order valence-electron chi connectivity index (χ2n) is 8.45. The molecule has 2 saturated heterocycles. The van der Waals surface area contributed by atoms with Crippen LogP contribution in [0.5, 0.6) is 0 Å². The van der Waals surface area contributed by atoms with Crippen LogP contribution in [0.1, 0.15) is 30.7 Å². The number of halogens is 6. The van der Waals surface area contributed by atoms with E-state index >= 15 is 0 Å². The van der Waals surface area contributed by atoms with E-state index in [0.717, 1.165) is 50.4 Å². The van der Waals surface area contributed by atoms with Gasteiger partial charge in [0.05, 0.1) is 43.4 Å². The highest BCUT2D eigenvalue weighted by molar-refractivity contribution is 5.73. The van der Waals surface area contributed by atoms with Crippen molar-refractivity contribution < 1.29 is 60.0 Å². The molecule has 2 aliphatic rings. The average molecular weight is 556 g/mol. The van der Waals surface area contributed by atoms with Gasteiger partial charge >= 0.3 is 24.3 Å². The Morgan fingerprint density at radius 2 is 1.74 bits per heavy atom. The minimum absolute atomic E-state index is 0.0559. The van der Waals surface area contributed by atoms with Crippen LogP contribution in [0.4, 0.5) is 26.3 Å². The summed E-state index contributed by atoms with van der Waals surface area (Å²) >= 11 is 0. The summed E-state index contributed by atoms with van der Waals surface area (Å²) in [5.74, 6) is -4.49. The molecular weight excluding hydrogens is 530 g/mol. The maximum absolute atomic E-state index is 10.6. The molecule has 0 unspecified atom stereocenters. The molecule has 0 aromatic carbocycles. The fourth-order valence-electron chi connectivity index (χ4n) is 3.83. The van der Waals surface area contributed by atoms with Gasteiger partial charge in [-0.05, 0) is 43.7 Å². The van der Waals surface area contributed by atoms with Crippen LogP contribution in [-0.2, 0) is 32.2 Å². The van der Waals surface area contributed by atoms with Crippen molar-refractivity contribution >= 4 is 11.9 Å². The molecule has 2 aromatic rings. The van der Waals surface area contributed by atoms with Gasteiger partial charge in [-0.25, -0.2) is 9.59 Å². The van der Waals surface area contributed by atoms with Gasteiger partial charge in [0, 0.05) is 19.2 Å². The van der Waals surface area contributed by atoms with Gasteiger partial charge in [0.15, 0.2) is 0 Å². The number of aromatic nitrogens is 1. The summed E-state index contributed by atoms with van der Waals surface area (Å²) in [5, 5.41) is 14.2. The van der Waals surface area contributed by atoms with E-state index in [1.54, 1.807) is 12.5 Å². The standard InChI is InChI=1S/C19H24N2O3.2C2HF3O2/c1-2-8-20-16(5-1)13-23-18-11-19(24-14-18)7-4-9-21(15-19)12-17-6-3-10-22-17;2*3-2(4,5)1(6)7/h1-3,5-6,8,10,18H,4,7,9,11-15H2;2*(H,6,7)/t18-,19+;;/m1../s1. The number of ether oxygens (including phenoxy) is 2. The lowest BCUT2D eigenvalue weighted by Gasteiger charge is -2.39. The molecular formula is C23H26F6N2O7. The molecule has 0 amide bonds. The van der Waals surface area contributed by atoms with Crippen molar-refractivity contribution in [2.24, 2.45) is 0 Å². The van der Waals surface area contributed by atoms with Gasteiger partial charge in [-0.15, -0.1) is 0 Å². The number of rotatable bonds is 5. The topological polar surface area (TPSA) is 122 Å². The zero-order chi connectivity index (χ0) is 28.4. The number of alkyl halides is 6. The van der Waals surface area contributed by atoms with E-state index in [1.165, 1.54) is 0 Å². The molecule has 2 aliphatic heterocycles. The number of furan rings is 1. The Labute approximate surface area is 213 Å². The Bertz CT molecular complexity index is 978. The quantitative estimate of drug-likeness (QED) is 0.520. The van der Waals surface area contributed by atoms with Gasteiger partial charge in [0.2, 0.25) is 0 Å². The zero-order valence-electron chi connectivity index (χ0n) is 19.9. The second kappa shape index (κ2) is 13.6. The molecule has 0 aliphatic carbocycles. The Balaban J connectivity index is 0.000000301. The fraction of sp³-hybridized carbons (Fsp3) is 0.522. The average Bonchev–Trinajstić information content (AvgIpc) is 3.48. The van der Waals surface area contributed by atoms with Crippen molar-refractivity contribution in [1.29, 1.82) is 0 Å². The third-order valence-electron chi connectivity index (χ3n) is 5.43. The molecule has 0 radical (unpaired) electrons. The Morgan fingerprint density at radius 1 is 1.08 bits per heavy atom. The first-order chi connectivity index (χ1) is 17.7. The summed E-state index contributed by atoms with van der Waals surface area (Å²) in [7, 11) is 0. The molecule has 4 rings (SSSR count). The molecule has 38 heavy (non-hydrogen) atoms. The highest BCUT2D eigenvalue weighted by Gasteiger charge is 2.44. The number of carboxylic acid groups (broad SMARTS) is 2. The van der Waals surface area contributed by atoms with E-state index in [9.17, 15) is 26.3 Å². The molecule has 4 heterocycles. The minimum atomic E-state index is -5.08. The lowest BCUT2D eigenvalue weighted by atomic mass is 9.89. The Kier molecular flexibility index (Phi) is 11.1. The van der Waals surface area contributed by atoms with Crippen LogP contribution in [-0.4, -0.2) is 75.8 Å². The number of hydrogen-bond acceptors (Lipinski definition) is 7. The van der Waals surface area contributed by atoms with Gasteiger partial charge in [-0.3, -0.25) is 9.88 Å². The molecule has 2 N–H and O–H groups in total. The number of aliphatic carboxylic acids is 2. The van der Waals surface area contributed by atoms with Crippen LogP contribution in [0, 0.1) is 0 Å². The van der Waals surface area contributed by atoms with E-state index in [4.69, 9.17) is 33.7 Å². The van der Waals surface area contributed by atoms with Crippen molar-refractivity contribution in [3.8, 4) is 0 Å². The number of carboxylic acids is 2. The number of pyridine rings is 1. The first-order valence-electron chi connectivity index (χ1n) is 11.2. The van der Waals surface area contributed by atoms with E-state index in [-0.39, 0.29) is 11.7 Å². The van der Waals surface area contributed by atoms with Gasteiger partial charge in [0.25, 0.3) is 0 Å².